The highest BCUT2D eigenvalue weighted by molar-refractivity contribution is 7.00. The number of fused-ring (bicyclic) bond motifs is 12. The molecule has 5 heterocycles. The number of rotatable bonds is 5. The number of para-hydroxylation sites is 2. The zero-order chi connectivity index (χ0) is 75.6. The molecule has 0 saturated carbocycles. The lowest BCUT2D eigenvalue weighted by Gasteiger charge is -2.45. The van der Waals surface area contributed by atoms with Crippen molar-refractivity contribution in [2.24, 2.45) is 0 Å². The zero-order valence-corrected chi connectivity index (χ0v) is 67.4. The zero-order valence-electron chi connectivity index (χ0n) is 67.4. The largest absolute Gasteiger partial charge is 0.311 e. The van der Waals surface area contributed by atoms with E-state index >= 15 is 4.79 Å². The topological polar surface area (TPSA) is 38.3 Å². The van der Waals surface area contributed by atoms with Gasteiger partial charge in [-0.1, -0.05) is 239 Å². The van der Waals surface area contributed by atoms with Gasteiger partial charge < -0.3 is 23.5 Å². The van der Waals surface area contributed by atoms with Crippen molar-refractivity contribution in [1.82, 2.24) is 13.7 Å². The van der Waals surface area contributed by atoms with E-state index in [2.05, 4.69) is 372 Å². The summed E-state index contributed by atoms with van der Waals surface area (Å²) in [4.78, 5) is 20.4. The van der Waals surface area contributed by atoms with E-state index in [9.17, 15) is 0 Å². The minimum atomic E-state index is -0.258. The minimum Gasteiger partial charge on any atom is -0.311 e. The maximum atomic E-state index is 15.1. The van der Waals surface area contributed by atoms with E-state index in [0.717, 1.165) is 62.2 Å². The fraction of sp³-hybridized carbons (Fsp3) is 0.323. The smallest absolute Gasteiger partial charge is 0.252 e. The van der Waals surface area contributed by atoms with Gasteiger partial charge in [0.25, 0.3) is 6.71 Å². The first-order chi connectivity index (χ1) is 49.5. The lowest BCUT2D eigenvalue weighted by molar-refractivity contribution is 0.568. The maximum Gasteiger partial charge on any atom is 0.252 e. The van der Waals surface area contributed by atoms with Gasteiger partial charge in [-0.25, -0.2) is 0 Å². The predicted molar refractivity (Wildman–Crippen MR) is 459 cm³/mol. The first-order valence-electron chi connectivity index (χ1n) is 38.6. The summed E-state index contributed by atoms with van der Waals surface area (Å²) in [5.41, 5.74) is 29.1. The van der Waals surface area contributed by atoms with Gasteiger partial charge in [-0.3, -0.25) is 4.79 Å². The Hall–Kier alpha value is -9.85. The number of nitrogens with zero attached hydrogens (tertiary/aromatic N) is 5. The molecule has 0 spiro atoms. The normalized spacial score (nSPS) is 14.0. The van der Waals surface area contributed by atoms with Crippen molar-refractivity contribution in [2.45, 2.75) is 209 Å². The minimum absolute atomic E-state index is 0.0269. The fourth-order valence-electron chi connectivity index (χ4n) is 16.9. The molecule has 0 unspecified atom stereocenters. The molecule has 0 fully saturated rings. The number of aromatic nitrogens is 3. The van der Waals surface area contributed by atoms with Crippen LogP contribution >= 0.6 is 0 Å². The summed E-state index contributed by atoms with van der Waals surface area (Å²) in [6.45, 7) is 56.0. The lowest BCUT2D eigenvalue weighted by Crippen LogP contribution is -2.61. The van der Waals surface area contributed by atoms with Crippen molar-refractivity contribution < 1.29 is 0 Å². The summed E-state index contributed by atoms with van der Waals surface area (Å²) in [5.74, 6) is 0. The molecule has 6 nitrogen and oxygen atoms in total. The molecule has 16 rings (SSSR count). The third-order valence-electron chi connectivity index (χ3n) is 23.4. The van der Waals surface area contributed by atoms with E-state index in [0.29, 0.717) is 10.8 Å². The Morgan fingerprint density at radius 3 is 0.783 bits per heavy atom. The number of hydrogen-bond donors (Lipinski definition) is 0. The van der Waals surface area contributed by atoms with Crippen molar-refractivity contribution in [1.29, 1.82) is 0 Å². The fourth-order valence-corrected chi connectivity index (χ4v) is 16.9. The molecule has 106 heavy (non-hydrogen) atoms. The van der Waals surface area contributed by atoms with Gasteiger partial charge >= 0.3 is 0 Å². The quantitative estimate of drug-likeness (QED) is 0.127. The molecule has 0 bridgehead atoms. The van der Waals surface area contributed by atoms with E-state index in [4.69, 9.17) is 0 Å². The highest BCUT2D eigenvalue weighted by Crippen LogP contribution is 2.51. The molecule has 0 N–H and O–H groups in total. The molecule has 7 heteroatoms. The Balaban J connectivity index is 1.09. The van der Waals surface area contributed by atoms with Gasteiger partial charge in [0.05, 0.1) is 38.8 Å². The lowest BCUT2D eigenvalue weighted by atomic mass is 9.33. The summed E-state index contributed by atoms with van der Waals surface area (Å²) in [5, 5.41) is 6.37. The molecule has 0 aliphatic carbocycles. The maximum absolute atomic E-state index is 15.1. The number of benzene rings is 11. The van der Waals surface area contributed by atoms with Gasteiger partial charge in [0.2, 0.25) is 0 Å². The van der Waals surface area contributed by atoms with Gasteiger partial charge in [0, 0.05) is 77.8 Å². The predicted octanol–water partition coefficient (Wildman–Crippen LogP) is 24.8. The average Bonchev–Trinajstić information content (AvgIpc) is 0.744. The second-order valence-corrected chi connectivity index (χ2v) is 39.3. The molecule has 536 valence electrons. The third kappa shape index (κ3) is 11.5. The van der Waals surface area contributed by atoms with Crippen LogP contribution in [0, 0.1) is 0 Å². The summed E-state index contributed by atoms with van der Waals surface area (Å²) in [7, 11) is 0. The molecule has 14 aromatic rings. The van der Waals surface area contributed by atoms with Crippen LogP contribution < -0.4 is 31.6 Å². The number of pyridine rings is 1. The molecule has 2 aliphatic rings. The molecule has 0 atom stereocenters. The van der Waals surface area contributed by atoms with Crippen LogP contribution in [0.1, 0.15) is 211 Å². The molecule has 11 aromatic carbocycles. The van der Waals surface area contributed by atoms with Gasteiger partial charge in [0.1, 0.15) is 0 Å². The Bertz CT molecular complexity index is 5520. The van der Waals surface area contributed by atoms with E-state index in [1.807, 2.05) is 24.3 Å². The summed E-state index contributed by atoms with van der Waals surface area (Å²) in [6, 6.07) is 80.0. The van der Waals surface area contributed by atoms with Gasteiger partial charge in [0.15, 0.2) is 5.43 Å². The van der Waals surface area contributed by atoms with E-state index in [1.54, 1.807) is 0 Å². The first kappa shape index (κ1) is 70.5. The Labute approximate surface area is 629 Å². The molecular formula is C99H106BN5O. The van der Waals surface area contributed by atoms with Gasteiger partial charge in [-0.15, -0.1) is 0 Å². The standard InChI is InChI=1S/C99H106BN5O/c1-92(2,3)59-33-41-82-74(51-59)75-52-60(93(4,5)6)34-42-83(75)101(82)67-37-39-78-86(55-67)104(69-47-63(96(13,14)15)45-64(48-69)97(16,17)18)88-57-71(103-80-31-27-25-29-72(80)91(106)73-30-26-28-32-81(73)103)58-89-90(88)100(78)79-40-38-68(56-87(79)105(89)70-49-65(98(19,20)21)46-66(50-70)99(22,23)24)102-84-43-35-61(94(7,8)9)53-76(84)77-54-62(95(10,11)12)36-44-85(77)102/h25-58H,1-24H3. The Kier molecular flexibility index (Phi) is 15.7. The second-order valence-electron chi connectivity index (χ2n) is 39.3. The Morgan fingerprint density at radius 2 is 0.491 bits per heavy atom. The van der Waals surface area contributed by atoms with Crippen LogP contribution in [0.25, 0.3) is 82.5 Å². The van der Waals surface area contributed by atoms with Crippen LogP contribution in [0.3, 0.4) is 0 Å². The number of hydrogen-bond acceptors (Lipinski definition) is 3. The summed E-state index contributed by atoms with van der Waals surface area (Å²) >= 11 is 0. The van der Waals surface area contributed by atoms with Crippen molar-refractivity contribution in [3.8, 4) is 17.1 Å². The van der Waals surface area contributed by atoms with Crippen molar-refractivity contribution >= 4 is 123 Å². The molecular weight excluding hydrogens is 1290 g/mol. The van der Waals surface area contributed by atoms with Crippen molar-refractivity contribution in [3.05, 3.63) is 261 Å². The van der Waals surface area contributed by atoms with Crippen LogP contribution in [-0.2, 0) is 43.3 Å². The van der Waals surface area contributed by atoms with Crippen LogP contribution in [0.4, 0.5) is 34.1 Å². The molecule has 0 radical (unpaired) electrons. The van der Waals surface area contributed by atoms with Crippen molar-refractivity contribution in [2.75, 3.05) is 9.80 Å². The van der Waals surface area contributed by atoms with E-state index in [1.165, 1.54) is 105 Å². The third-order valence-corrected chi connectivity index (χ3v) is 23.4. The molecule has 2 aliphatic heterocycles. The molecule has 0 amide bonds. The van der Waals surface area contributed by atoms with Gasteiger partial charge in [-0.2, -0.15) is 0 Å². The summed E-state index contributed by atoms with van der Waals surface area (Å²) in [6.07, 6.45) is 0. The molecule has 3 aromatic heterocycles. The highest BCUT2D eigenvalue weighted by atomic mass is 16.1. The summed E-state index contributed by atoms with van der Waals surface area (Å²) < 4.78 is 7.47. The monoisotopic (exact) mass is 1390 g/mol. The van der Waals surface area contributed by atoms with Gasteiger partial charge in [-0.05, 0) is 238 Å². The Morgan fingerprint density at radius 1 is 0.226 bits per heavy atom. The van der Waals surface area contributed by atoms with Crippen LogP contribution in [0.5, 0.6) is 0 Å². The van der Waals surface area contributed by atoms with E-state index < -0.39 is 0 Å². The van der Waals surface area contributed by atoms with Crippen LogP contribution in [0.2, 0.25) is 0 Å². The SMILES string of the molecule is CC(C)(C)c1cc(N2c3cc(-n4c5ccc(C(C)(C)C)cc5c5cc(C(C)(C)C)ccc54)ccc3B3c4ccc(-n5c6ccc(C(C)(C)C)cc6c6cc(C(C)(C)C)ccc65)cc4N(c4cc(C(C)(C)C)cc(C(C)(C)C)c4)c4cc(-n5c6ccccc6c(=O)c6ccccc65)cc2c43)cc(C(C)(C)C)c1. The van der Waals surface area contributed by atoms with Crippen LogP contribution in [0.15, 0.2) is 211 Å². The molecule has 0 saturated heterocycles. The average molecular weight is 1390 g/mol. The number of anilines is 6. The van der Waals surface area contributed by atoms with E-state index in [-0.39, 0.29) is 55.5 Å². The highest BCUT2D eigenvalue weighted by Gasteiger charge is 2.46. The van der Waals surface area contributed by atoms with Crippen molar-refractivity contribution in [3.63, 3.8) is 0 Å². The second kappa shape index (κ2) is 23.6. The van der Waals surface area contributed by atoms with Crippen LogP contribution in [-0.4, -0.2) is 20.4 Å². The first-order valence-corrected chi connectivity index (χ1v) is 38.6.